The predicted molar refractivity (Wildman–Crippen MR) is 69.1 cm³/mol. The number of nitrogens with zero attached hydrogens (tertiary/aromatic N) is 4. The van der Waals surface area contributed by atoms with E-state index < -0.39 is 0 Å². The number of nitrogens with two attached hydrogens (primary N) is 1. The number of alkyl halides is 1. The van der Waals surface area contributed by atoms with Gasteiger partial charge in [-0.05, 0) is 33.1 Å². The second kappa shape index (κ2) is 5.04. The summed E-state index contributed by atoms with van der Waals surface area (Å²) in [5.74, 6) is 1.71. The van der Waals surface area contributed by atoms with Crippen molar-refractivity contribution in [3.8, 4) is 0 Å². The number of halogens is 1. The van der Waals surface area contributed by atoms with Crippen LogP contribution in [0.2, 0.25) is 0 Å². The molecular weight excluding hydrogens is 238 g/mol. The van der Waals surface area contributed by atoms with Crippen LogP contribution in [0.1, 0.15) is 38.9 Å². The second-order valence-corrected chi connectivity index (χ2v) is 4.85. The first kappa shape index (κ1) is 12.4. The molecule has 1 aromatic heterocycles. The Morgan fingerprint density at radius 3 is 2.47 bits per heavy atom. The van der Waals surface area contributed by atoms with E-state index in [1.54, 1.807) is 0 Å². The van der Waals surface area contributed by atoms with Gasteiger partial charge in [-0.3, -0.25) is 0 Å². The van der Waals surface area contributed by atoms with E-state index in [0.29, 0.717) is 23.9 Å². The number of anilines is 2. The maximum atomic E-state index is 5.76. The maximum absolute atomic E-state index is 5.76. The molecule has 0 saturated carbocycles. The van der Waals surface area contributed by atoms with E-state index >= 15 is 0 Å². The summed E-state index contributed by atoms with van der Waals surface area (Å²) in [7, 11) is 0. The summed E-state index contributed by atoms with van der Waals surface area (Å²) in [6.45, 7) is 4.38. The van der Waals surface area contributed by atoms with Crippen molar-refractivity contribution in [2.75, 3.05) is 10.6 Å². The second-order valence-electron chi connectivity index (χ2n) is 4.58. The highest BCUT2D eigenvalue weighted by molar-refractivity contribution is 6.16. The van der Waals surface area contributed by atoms with Crippen molar-refractivity contribution in [3.05, 3.63) is 5.82 Å². The molecule has 2 heterocycles. The fourth-order valence-corrected chi connectivity index (χ4v) is 2.54. The summed E-state index contributed by atoms with van der Waals surface area (Å²) in [6, 6.07) is 0.868. The fourth-order valence-electron chi connectivity index (χ4n) is 2.42. The molecule has 6 heteroatoms. The van der Waals surface area contributed by atoms with Crippen LogP contribution in [-0.2, 0) is 5.88 Å². The van der Waals surface area contributed by atoms with Gasteiger partial charge in [0.15, 0.2) is 5.82 Å². The molecule has 0 radical (unpaired) electrons. The van der Waals surface area contributed by atoms with E-state index in [0.717, 1.165) is 12.8 Å². The smallest absolute Gasteiger partial charge is 0.230 e. The van der Waals surface area contributed by atoms with Crippen LogP contribution in [0.5, 0.6) is 0 Å². The van der Waals surface area contributed by atoms with Gasteiger partial charge in [-0.25, -0.2) is 0 Å². The SMILES string of the molecule is CC1CCCC(C)N1c1nc(N)nc(CCl)n1. The molecule has 1 saturated heterocycles. The van der Waals surface area contributed by atoms with Crippen LogP contribution in [-0.4, -0.2) is 27.0 Å². The Morgan fingerprint density at radius 1 is 1.24 bits per heavy atom. The van der Waals surface area contributed by atoms with Crippen molar-refractivity contribution in [1.29, 1.82) is 0 Å². The van der Waals surface area contributed by atoms with Crippen LogP contribution in [0.15, 0.2) is 0 Å². The van der Waals surface area contributed by atoms with E-state index in [-0.39, 0.29) is 11.8 Å². The van der Waals surface area contributed by atoms with Crippen molar-refractivity contribution in [3.63, 3.8) is 0 Å². The Kier molecular flexibility index (Phi) is 3.66. The highest BCUT2D eigenvalue weighted by atomic mass is 35.5. The third-order valence-electron chi connectivity index (χ3n) is 3.23. The molecule has 1 aliphatic heterocycles. The van der Waals surface area contributed by atoms with E-state index in [1.807, 2.05) is 0 Å². The molecule has 0 amide bonds. The van der Waals surface area contributed by atoms with E-state index in [2.05, 4.69) is 33.7 Å². The Balaban J connectivity index is 2.34. The average Bonchev–Trinajstić information content (AvgIpc) is 2.28. The number of aromatic nitrogens is 3. The molecule has 1 fully saturated rings. The fraction of sp³-hybridized carbons (Fsp3) is 0.727. The predicted octanol–water partition coefficient (Wildman–Crippen LogP) is 1.96. The first-order chi connectivity index (χ1) is 8.11. The minimum absolute atomic E-state index is 0.246. The molecule has 5 nitrogen and oxygen atoms in total. The molecule has 2 rings (SSSR count). The number of rotatable bonds is 2. The van der Waals surface area contributed by atoms with Gasteiger partial charge in [-0.1, -0.05) is 0 Å². The molecule has 94 valence electrons. The number of hydrogen-bond donors (Lipinski definition) is 1. The quantitative estimate of drug-likeness (QED) is 0.819. The highest BCUT2D eigenvalue weighted by Crippen LogP contribution is 2.26. The van der Waals surface area contributed by atoms with Crippen molar-refractivity contribution >= 4 is 23.5 Å². The van der Waals surface area contributed by atoms with E-state index in [1.165, 1.54) is 6.42 Å². The Hall–Kier alpha value is -1.10. The van der Waals surface area contributed by atoms with Gasteiger partial charge in [0.1, 0.15) is 0 Å². The lowest BCUT2D eigenvalue weighted by atomic mass is 9.98. The topological polar surface area (TPSA) is 67.9 Å². The molecule has 1 aromatic rings. The van der Waals surface area contributed by atoms with Crippen molar-refractivity contribution in [2.45, 2.75) is 51.1 Å². The monoisotopic (exact) mass is 255 g/mol. The van der Waals surface area contributed by atoms with Gasteiger partial charge in [0.2, 0.25) is 11.9 Å². The summed E-state index contributed by atoms with van der Waals surface area (Å²) in [5.41, 5.74) is 5.69. The van der Waals surface area contributed by atoms with E-state index in [4.69, 9.17) is 17.3 Å². The van der Waals surface area contributed by atoms with Crippen LogP contribution in [0, 0.1) is 0 Å². The Morgan fingerprint density at radius 2 is 1.88 bits per heavy atom. The normalized spacial score (nSPS) is 25.0. The minimum atomic E-state index is 0.246. The molecule has 2 N–H and O–H groups in total. The molecule has 2 unspecified atom stereocenters. The largest absolute Gasteiger partial charge is 0.368 e. The van der Waals surface area contributed by atoms with Gasteiger partial charge in [0.05, 0.1) is 5.88 Å². The molecule has 0 spiro atoms. The number of hydrogen-bond acceptors (Lipinski definition) is 5. The lowest BCUT2D eigenvalue weighted by molar-refractivity contribution is 0.407. The average molecular weight is 256 g/mol. The summed E-state index contributed by atoms with van der Waals surface area (Å²) in [6.07, 6.45) is 3.57. The van der Waals surface area contributed by atoms with Gasteiger partial charge in [-0.2, -0.15) is 15.0 Å². The summed E-state index contributed by atoms with van der Waals surface area (Å²) >= 11 is 5.76. The third-order valence-corrected chi connectivity index (χ3v) is 3.47. The highest BCUT2D eigenvalue weighted by Gasteiger charge is 2.27. The lowest BCUT2D eigenvalue weighted by Gasteiger charge is -2.39. The third kappa shape index (κ3) is 2.60. The Bertz CT molecular complexity index is 387. The van der Waals surface area contributed by atoms with Crippen LogP contribution in [0.4, 0.5) is 11.9 Å². The minimum Gasteiger partial charge on any atom is -0.368 e. The number of nitrogen functional groups attached to an aromatic ring is 1. The van der Waals surface area contributed by atoms with Crippen LogP contribution in [0.25, 0.3) is 0 Å². The molecular formula is C11H18ClN5. The first-order valence-electron chi connectivity index (χ1n) is 5.96. The van der Waals surface area contributed by atoms with Gasteiger partial charge in [-0.15, -0.1) is 11.6 Å². The molecule has 0 aliphatic carbocycles. The lowest BCUT2D eigenvalue weighted by Crippen LogP contribution is -2.45. The maximum Gasteiger partial charge on any atom is 0.230 e. The zero-order chi connectivity index (χ0) is 12.4. The van der Waals surface area contributed by atoms with Crippen LogP contribution < -0.4 is 10.6 Å². The van der Waals surface area contributed by atoms with Crippen LogP contribution >= 0.6 is 11.6 Å². The summed E-state index contributed by atoms with van der Waals surface area (Å²) in [4.78, 5) is 14.8. The van der Waals surface area contributed by atoms with Crippen LogP contribution in [0.3, 0.4) is 0 Å². The zero-order valence-corrected chi connectivity index (χ0v) is 11.0. The summed E-state index contributed by atoms with van der Waals surface area (Å²) < 4.78 is 0. The van der Waals surface area contributed by atoms with Crippen molar-refractivity contribution in [1.82, 2.24) is 15.0 Å². The molecule has 2 atom stereocenters. The number of piperidine rings is 1. The van der Waals surface area contributed by atoms with Gasteiger partial charge in [0, 0.05) is 12.1 Å². The van der Waals surface area contributed by atoms with Gasteiger partial charge >= 0.3 is 0 Å². The molecule has 0 aromatic carbocycles. The van der Waals surface area contributed by atoms with E-state index in [9.17, 15) is 0 Å². The van der Waals surface area contributed by atoms with Gasteiger partial charge < -0.3 is 10.6 Å². The standard InChI is InChI=1S/C11H18ClN5/c1-7-4-3-5-8(2)17(7)11-15-9(6-12)14-10(13)16-11/h7-8H,3-6H2,1-2H3,(H2,13,14,15,16). The van der Waals surface area contributed by atoms with Crippen molar-refractivity contribution < 1.29 is 0 Å². The first-order valence-corrected chi connectivity index (χ1v) is 6.50. The van der Waals surface area contributed by atoms with Gasteiger partial charge in [0.25, 0.3) is 0 Å². The van der Waals surface area contributed by atoms with Crippen molar-refractivity contribution in [2.24, 2.45) is 0 Å². The molecule has 0 bridgehead atoms. The molecule has 1 aliphatic rings. The zero-order valence-electron chi connectivity index (χ0n) is 10.2. The Labute approximate surface area is 106 Å². The molecule has 17 heavy (non-hydrogen) atoms. The summed E-state index contributed by atoms with van der Waals surface area (Å²) in [5, 5.41) is 0.